The van der Waals surface area contributed by atoms with Crippen LogP contribution in [0.25, 0.3) is 0 Å². The van der Waals surface area contributed by atoms with Crippen molar-refractivity contribution in [3.63, 3.8) is 0 Å². The van der Waals surface area contributed by atoms with E-state index in [9.17, 15) is 4.79 Å². The highest BCUT2D eigenvalue weighted by molar-refractivity contribution is 9.10. The van der Waals surface area contributed by atoms with Crippen molar-refractivity contribution in [1.82, 2.24) is 9.88 Å². The van der Waals surface area contributed by atoms with Crippen LogP contribution in [0.15, 0.2) is 22.8 Å². The first-order valence-corrected chi connectivity index (χ1v) is 9.30. The first-order chi connectivity index (χ1) is 11.2. The number of likely N-dealkylation sites (tertiary alicyclic amines) is 1. The van der Waals surface area contributed by atoms with E-state index in [2.05, 4.69) is 20.9 Å². The van der Waals surface area contributed by atoms with Crippen LogP contribution in [0.1, 0.15) is 46.5 Å². The fourth-order valence-electron chi connectivity index (χ4n) is 3.49. The van der Waals surface area contributed by atoms with E-state index in [1.165, 1.54) is 0 Å². The molecule has 0 N–H and O–H groups in total. The predicted molar refractivity (Wildman–Crippen MR) is 95.1 cm³/mol. The summed E-state index contributed by atoms with van der Waals surface area (Å²) in [7, 11) is 0. The lowest BCUT2D eigenvalue weighted by Crippen LogP contribution is -2.52. The number of rotatable bonds is 2. The van der Waals surface area contributed by atoms with Crippen LogP contribution in [-0.2, 0) is 4.74 Å². The predicted octanol–water partition coefficient (Wildman–Crippen LogP) is 4.40. The summed E-state index contributed by atoms with van der Waals surface area (Å²) < 4.78 is 12.3. The third kappa shape index (κ3) is 4.21. The first-order valence-electron chi connectivity index (χ1n) is 8.51. The van der Waals surface area contributed by atoms with E-state index in [0.717, 1.165) is 43.2 Å². The van der Waals surface area contributed by atoms with Gasteiger partial charge in [-0.15, -0.1) is 0 Å². The summed E-state index contributed by atoms with van der Waals surface area (Å²) >= 11 is 3.37. The summed E-state index contributed by atoms with van der Waals surface area (Å²) in [5, 5.41) is 0. The van der Waals surface area contributed by atoms with E-state index in [1.54, 1.807) is 6.20 Å². The van der Waals surface area contributed by atoms with Crippen LogP contribution in [-0.4, -0.2) is 40.8 Å². The highest BCUT2D eigenvalue weighted by atomic mass is 79.9. The highest BCUT2D eigenvalue weighted by Crippen LogP contribution is 2.50. The summed E-state index contributed by atoms with van der Waals surface area (Å²) in [6.07, 6.45) is 5.96. The molecule has 0 radical (unpaired) electrons. The number of pyridine rings is 1. The molecule has 1 aliphatic heterocycles. The maximum absolute atomic E-state index is 12.1. The van der Waals surface area contributed by atoms with Crippen LogP contribution < -0.4 is 4.74 Å². The lowest BCUT2D eigenvalue weighted by Gasteiger charge is -2.51. The molecule has 0 atom stereocenters. The molecule has 1 saturated heterocycles. The van der Waals surface area contributed by atoms with Gasteiger partial charge in [-0.05, 0) is 73.9 Å². The van der Waals surface area contributed by atoms with Crippen LogP contribution >= 0.6 is 15.9 Å². The van der Waals surface area contributed by atoms with E-state index >= 15 is 0 Å². The van der Waals surface area contributed by atoms with Crippen molar-refractivity contribution < 1.29 is 14.3 Å². The van der Waals surface area contributed by atoms with E-state index in [0.29, 0.717) is 11.3 Å². The van der Waals surface area contributed by atoms with Crippen molar-refractivity contribution in [2.24, 2.45) is 5.41 Å². The number of piperidine rings is 1. The molecule has 2 aliphatic rings. The number of carbonyl (C=O) groups is 1. The van der Waals surface area contributed by atoms with E-state index in [4.69, 9.17) is 9.47 Å². The molecule has 2 fully saturated rings. The highest BCUT2D eigenvalue weighted by Gasteiger charge is 2.48. The minimum atomic E-state index is -0.431. The van der Waals surface area contributed by atoms with Gasteiger partial charge in [-0.3, -0.25) is 0 Å². The van der Waals surface area contributed by atoms with Crippen molar-refractivity contribution in [3.8, 4) is 5.88 Å². The number of hydrogen-bond donors (Lipinski definition) is 0. The molecule has 1 amide bonds. The van der Waals surface area contributed by atoms with Gasteiger partial charge in [0.1, 0.15) is 11.7 Å². The van der Waals surface area contributed by atoms with Gasteiger partial charge in [0.2, 0.25) is 5.88 Å². The normalized spacial score (nSPS) is 20.6. The maximum atomic E-state index is 12.1. The van der Waals surface area contributed by atoms with Crippen LogP contribution in [0.3, 0.4) is 0 Å². The maximum Gasteiger partial charge on any atom is 0.410 e. The molecule has 5 nitrogen and oxygen atoms in total. The van der Waals surface area contributed by atoms with E-state index < -0.39 is 5.60 Å². The number of ether oxygens (including phenoxy) is 2. The zero-order valence-electron chi connectivity index (χ0n) is 14.5. The molecule has 1 spiro atoms. The second-order valence-electron chi connectivity index (χ2n) is 7.93. The number of halogens is 1. The zero-order valence-corrected chi connectivity index (χ0v) is 16.1. The minimum absolute atomic E-state index is 0.191. The van der Waals surface area contributed by atoms with Crippen molar-refractivity contribution in [2.75, 3.05) is 13.1 Å². The molecule has 1 aromatic heterocycles. The molecule has 0 unspecified atom stereocenters. The van der Waals surface area contributed by atoms with Gasteiger partial charge in [0, 0.05) is 29.8 Å². The Kier molecular flexibility index (Phi) is 4.78. The number of aromatic nitrogens is 1. The quantitative estimate of drug-likeness (QED) is 0.742. The number of hydrogen-bond acceptors (Lipinski definition) is 4. The second kappa shape index (κ2) is 6.54. The topological polar surface area (TPSA) is 51.7 Å². The van der Waals surface area contributed by atoms with Crippen LogP contribution in [0.4, 0.5) is 4.79 Å². The molecule has 24 heavy (non-hydrogen) atoms. The molecule has 6 heteroatoms. The third-order valence-corrected chi connectivity index (χ3v) is 5.25. The van der Waals surface area contributed by atoms with Crippen molar-refractivity contribution in [1.29, 1.82) is 0 Å². The number of amides is 1. The molecule has 0 bridgehead atoms. The fourth-order valence-corrected chi connectivity index (χ4v) is 3.73. The molecule has 132 valence electrons. The Morgan fingerprint density at radius 2 is 1.96 bits per heavy atom. The SMILES string of the molecule is CC(C)(C)OC(=O)N1CCC2(CC1)CC(Oc1ccc(Br)cn1)C2. The summed E-state index contributed by atoms with van der Waals surface area (Å²) in [4.78, 5) is 18.2. The van der Waals surface area contributed by atoms with Gasteiger partial charge in [-0.25, -0.2) is 9.78 Å². The Bertz CT molecular complexity index is 581. The number of carbonyl (C=O) groups excluding carboxylic acids is 1. The lowest BCUT2D eigenvalue weighted by molar-refractivity contribution is -0.0596. The minimum Gasteiger partial charge on any atom is -0.474 e. The Labute approximate surface area is 151 Å². The number of nitrogens with zero attached hydrogens (tertiary/aromatic N) is 2. The molecule has 1 aliphatic carbocycles. The van der Waals surface area contributed by atoms with Gasteiger partial charge in [0.05, 0.1) is 0 Å². The molecule has 2 heterocycles. The van der Waals surface area contributed by atoms with Gasteiger partial charge in [-0.1, -0.05) is 0 Å². The first kappa shape index (κ1) is 17.5. The largest absolute Gasteiger partial charge is 0.474 e. The van der Waals surface area contributed by atoms with Gasteiger partial charge >= 0.3 is 6.09 Å². The Hall–Kier alpha value is -1.30. The third-order valence-electron chi connectivity index (χ3n) is 4.78. The molecular weight excluding hydrogens is 372 g/mol. The standard InChI is InChI=1S/C18H25BrN2O3/c1-17(2,3)24-16(22)21-8-6-18(7-9-21)10-14(11-18)23-15-5-4-13(19)12-20-15/h4-5,12,14H,6-11H2,1-3H3. The van der Waals surface area contributed by atoms with Crippen molar-refractivity contribution in [3.05, 3.63) is 22.8 Å². The van der Waals surface area contributed by atoms with E-state index in [1.807, 2.05) is 37.8 Å². The lowest BCUT2D eigenvalue weighted by atomic mass is 9.61. The zero-order chi connectivity index (χ0) is 17.4. The molecule has 0 aromatic carbocycles. The molecule has 1 saturated carbocycles. The molecular formula is C18H25BrN2O3. The smallest absolute Gasteiger partial charge is 0.410 e. The summed E-state index contributed by atoms with van der Waals surface area (Å²) in [6.45, 7) is 7.26. The monoisotopic (exact) mass is 396 g/mol. The van der Waals surface area contributed by atoms with Gasteiger partial charge in [0.15, 0.2) is 0 Å². The summed E-state index contributed by atoms with van der Waals surface area (Å²) in [5.41, 5.74) is -0.0994. The van der Waals surface area contributed by atoms with Crippen LogP contribution in [0, 0.1) is 5.41 Å². The van der Waals surface area contributed by atoms with Gasteiger partial charge in [0.25, 0.3) is 0 Å². The summed E-state index contributed by atoms with van der Waals surface area (Å²) in [5.74, 6) is 0.684. The van der Waals surface area contributed by atoms with Gasteiger partial charge < -0.3 is 14.4 Å². The average Bonchev–Trinajstić information content (AvgIpc) is 2.47. The van der Waals surface area contributed by atoms with Gasteiger partial charge in [-0.2, -0.15) is 0 Å². The van der Waals surface area contributed by atoms with Crippen molar-refractivity contribution in [2.45, 2.75) is 58.2 Å². The fraction of sp³-hybridized carbons (Fsp3) is 0.667. The van der Waals surface area contributed by atoms with E-state index in [-0.39, 0.29) is 12.2 Å². The summed E-state index contributed by atoms with van der Waals surface area (Å²) in [6, 6.07) is 3.83. The van der Waals surface area contributed by atoms with Crippen LogP contribution in [0.5, 0.6) is 5.88 Å². The Morgan fingerprint density at radius 3 is 2.50 bits per heavy atom. The molecule has 3 rings (SSSR count). The average molecular weight is 397 g/mol. The van der Waals surface area contributed by atoms with Crippen molar-refractivity contribution >= 4 is 22.0 Å². The Morgan fingerprint density at radius 1 is 1.29 bits per heavy atom. The van der Waals surface area contributed by atoms with Crippen LogP contribution in [0.2, 0.25) is 0 Å². The second-order valence-corrected chi connectivity index (χ2v) is 8.85. The Balaban J connectivity index is 1.45. The molecule has 1 aromatic rings.